The summed E-state index contributed by atoms with van der Waals surface area (Å²) in [5.41, 5.74) is 1.67. The van der Waals surface area contributed by atoms with Gasteiger partial charge in [-0.1, -0.05) is 22.0 Å². The Morgan fingerprint density at radius 3 is 2.52 bits per heavy atom. The lowest BCUT2D eigenvalue weighted by Crippen LogP contribution is -2.54. The summed E-state index contributed by atoms with van der Waals surface area (Å²) in [6, 6.07) is 12.2. The number of carbonyl (C=O) groups excluding carboxylic acids is 2. The van der Waals surface area contributed by atoms with E-state index in [0.717, 1.165) is 23.2 Å². The number of nitrogens with one attached hydrogen (secondary N) is 1. The van der Waals surface area contributed by atoms with E-state index in [1.165, 1.54) is 11.0 Å². The average molecular weight is 474 g/mol. The first-order valence-electron chi connectivity index (χ1n) is 9.10. The maximum atomic E-state index is 13.0. The highest BCUT2D eigenvalue weighted by atomic mass is 79.9. The summed E-state index contributed by atoms with van der Waals surface area (Å²) in [4.78, 5) is 28.8. The van der Waals surface area contributed by atoms with Gasteiger partial charge in [-0.3, -0.25) is 19.8 Å². The van der Waals surface area contributed by atoms with E-state index in [0.29, 0.717) is 11.3 Å². The van der Waals surface area contributed by atoms with Gasteiger partial charge in [0.15, 0.2) is 5.11 Å². The van der Waals surface area contributed by atoms with Gasteiger partial charge >= 0.3 is 0 Å². The van der Waals surface area contributed by atoms with Crippen LogP contribution in [-0.4, -0.2) is 35.1 Å². The average Bonchev–Trinajstić information content (AvgIpc) is 2.67. The third-order valence-corrected chi connectivity index (χ3v) is 5.39. The fourth-order valence-corrected chi connectivity index (χ4v) is 3.77. The molecule has 150 valence electrons. The van der Waals surface area contributed by atoms with E-state index in [9.17, 15) is 14.7 Å². The zero-order valence-corrected chi connectivity index (χ0v) is 18.4. The SMILES string of the molecule is CCN(CC)c1ccc(/C=C2\C(=O)NC(=S)N(c3cccc(Br)c3)C2=O)c(O)c1. The summed E-state index contributed by atoms with van der Waals surface area (Å²) in [7, 11) is 0. The fourth-order valence-electron chi connectivity index (χ4n) is 3.10. The molecular formula is C21H20BrN3O3S. The van der Waals surface area contributed by atoms with Gasteiger partial charge in [-0.2, -0.15) is 0 Å². The molecule has 2 aromatic rings. The molecule has 8 heteroatoms. The lowest BCUT2D eigenvalue weighted by molar-refractivity contribution is -0.122. The molecule has 29 heavy (non-hydrogen) atoms. The molecular weight excluding hydrogens is 454 g/mol. The Morgan fingerprint density at radius 2 is 1.90 bits per heavy atom. The van der Waals surface area contributed by atoms with Crippen molar-refractivity contribution in [1.82, 2.24) is 5.32 Å². The van der Waals surface area contributed by atoms with Crippen LogP contribution in [0.2, 0.25) is 0 Å². The van der Waals surface area contributed by atoms with E-state index < -0.39 is 11.8 Å². The van der Waals surface area contributed by atoms with Gasteiger partial charge in [0.1, 0.15) is 11.3 Å². The maximum absolute atomic E-state index is 13.0. The van der Waals surface area contributed by atoms with Crippen molar-refractivity contribution in [2.24, 2.45) is 0 Å². The molecule has 1 saturated heterocycles. The van der Waals surface area contributed by atoms with Crippen LogP contribution in [0.25, 0.3) is 6.08 Å². The monoisotopic (exact) mass is 473 g/mol. The number of hydrogen-bond donors (Lipinski definition) is 2. The molecule has 0 spiro atoms. The van der Waals surface area contributed by atoms with Crippen molar-refractivity contribution in [3.8, 4) is 5.75 Å². The Bertz CT molecular complexity index is 1020. The van der Waals surface area contributed by atoms with Gasteiger partial charge in [-0.15, -0.1) is 0 Å². The van der Waals surface area contributed by atoms with Crippen LogP contribution in [0.5, 0.6) is 5.75 Å². The minimum atomic E-state index is -0.599. The molecule has 0 atom stereocenters. The zero-order valence-electron chi connectivity index (χ0n) is 16.0. The Labute approximate surface area is 182 Å². The molecule has 6 nitrogen and oxygen atoms in total. The number of rotatable bonds is 5. The zero-order chi connectivity index (χ0) is 21.1. The number of halogens is 1. The number of amides is 2. The number of carbonyl (C=O) groups is 2. The molecule has 2 amide bonds. The summed E-state index contributed by atoms with van der Waals surface area (Å²) >= 11 is 8.57. The molecule has 2 N–H and O–H groups in total. The third kappa shape index (κ3) is 4.33. The first-order chi connectivity index (χ1) is 13.8. The third-order valence-electron chi connectivity index (χ3n) is 4.61. The topological polar surface area (TPSA) is 72.9 Å². The minimum absolute atomic E-state index is 0.00958. The highest BCUT2D eigenvalue weighted by Gasteiger charge is 2.34. The van der Waals surface area contributed by atoms with E-state index in [-0.39, 0.29) is 16.4 Å². The van der Waals surface area contributed by atoms with Crippen LogP contribution in [0.4, 0.5) is 11.4 Å². The second-order valence-corrected chi connectivity index (χ2v) is 7.66. The van der Waals surface area contributed by atoms with Crippen LogP contribution in [0, 0.1) is 0 Å². The normalized spacial score (nSPS) is 15.6. The summed E-state index contributed by atoms with van der Waals surface area (Å²) in [6.07, 6.45) is 1.38. The van der Waals surface area contributed by atoms with Gasteiger partial charge in [-0.25, -0.2) is 0 Å². The molecule has 0 unspecified atom stereocenters. The van der Waals surface area contributed by atoms with Crippen LogP contribution < -0.4 is 15.1 Å². The van der Waals surface area contributed by atoms with Gasteiger partial charge in [0.25, 0.3) is 11.8 Å². The number of anilines is 2. The van der Waals surface area contributed by atoms with Crippen LogP contribution in [0.1, 0.15) is 19.4 Å². The molecule has 1 fully saturated rings. The number of phenolic OH excluding ortho intramolecular Hbond substituents is 1. The maximum Gasteiger partial charge on any atom is 0.270 e. The molecule has 1 heterocycles. The summed E-state index contributed by atoms with van der Waals surface area (Å²) in [5, 5.41) is 13.0. The van der Waals surface area contributed by atoms with Gasteiger partial charge in [0, 0.05) is 34.9 Å². The van der Waals surface area contributed by atoms with Crippen molar-refractivity contribution < 1.29 is 14.7 Å². The summed E-state index contributed by atoms with van der Waals surface area (Å²) in [6.45, 7) is 5.66. The predicted octanol–water partition coefficient (Wildman–Crippen LogP) is 3.83. The second-order valence-electron chi connectivity index (χ2n) is 6.35. The Balaban J connectivity index is 1.98. The molecule has 0 saturated carbocycles. The number of thiocarbonyl (C=S) groups is 1. The Hall–Kier alpha value is -2.71. The lowest BCUT2D eigenvalue weighted by atomic mass is 10.1. The second kappa shape index (κ2) is 8.75. The fraction of sp³-hybridized carbons (Fsp3) is 0.190. The van der Waals surface area contributed by atoms with Gasteiger partial charge in [0.05, 0.1) is 5.69 Å². The molecule has 0 bridgehead atoms. The first-order valence-corrected chi connectivity index (χ1v) is 10.3. The number of aromatic hydroxyl groups is 1. The highest BCUT2D eigenvalue weighted by molar-refractivity contribution is 9.10. The van der Waals surface area contributed by atoms with Gasteiger partial charge < -0.3 is 10.0 Å². The number of phenols is 1. The van der Waals surface area contributed by atoms with E-state index in [1.807, 2.05) is 26.0 Å². The quantitative estimate of drug-likeness (QED) is 0.392. The summed E-state index contributed by atoms with van der Waals surface area (Å²) in [5.74, 6) is -1.16. The first kappa shape index (κ1) is 21.0. The van der Waals surface area contributed by atoms with Crippen LogP contribution in [0.15, 0.2) is 52.5 Å². The summed E-state index contributed by atoms with van der Waals surface area (Å²) < 4.78 is 0.776. The molecule has 0 aromatic heterocycles. The molecule has 1 aliphatic rings. The van der Waals surface area contributed by atoms with Crippen molar-refractivity contribution in [1.29, 1.82) is 0 Å². The van der Waals surface area contributed by atoms with Crippen molar-refractivity contribution in [2.75, 3.05) is 22.9 Å². The minimum Gasteiger partial charge on any atom is -0.507 e. The molecule has 2 aromatic carbocycles. The van der Waals surface area contributed by atoms with Gasteiger partial charge in [-0.05, 0) is 62.5 Å². The van der Waals surface area contributed by atoms with E-state index in [1.54, 1.807) is 30.3 Å². The molecule has 0 radical (unpaired) electrons. The molecule has 0 aliphatic carbocycles. The smallest absolute Gasteiger partial charge is 0.270 e. The van der Waals surface area contributed by atoms with Crippen molar-refractivity contribution >= 4 is 62.5 Å². The van der Waals surface area contributed by atoms with E-state index in [2.05, 4.69) is 26.1 Å². The number of hydrogen-bond acceptors (Lipinski definition) is 5. The van der Waals surface area contributed by atoms with Crippen LogP contribution in [-0.2, 0) is 9.59 Å². The van der Waals surface area contributed by atoms with Crippen LogP contribution in [0.3, 0.4) is 0 Å². The lowest BCUT2D eigenvalue weighted by Gasteiger charge is -2.29. The standard InChI is InChI=1S/C21H20BrN3O3S/c1-3-24(4-2)15-9-8-13(18(26)12-15)10-17-19(27)23-21(29)25(20(17)28)16-7-5-6-14(22)11-16/h5-12,26H,3-4H2,1-2H3,(H,23,27,29)/b17-10+. The van der Waals surface area contributed by atoms with Crippen molar-refractivity contribution in [2.45, 2.75) is 13.8 Å². The number of benzene rings is 2. The highest BCUT2D eigenvalue weighted by Crippen LogP contribution is 2.29. The van der Waals surface area contributed by atoms with Gasteiger partial charge in [0.2, 0.25) is 0 Å². The van der Waals surface area contributed by atoms with E-state index in [4.69, 9.17) is 12.2 Å². The van der Waals surface area contributed by atoms with Crippen molar-refractivity contribution in [3.63, 3.8) is 0 Å². The van der Waals surface area contributed by atoms with Crippen LogP contribution >= 0.6 is 28.1 Å². The molecule has 1 aliphatic heterocycles. The van der Waals surface area contributed by atoms with E-state index >= 15 is 0 Å². The Kier molecular flexibility index (Phi) is 6.34. The number of nitrogens with zero attached hydrogens (tertiary/aromatic N) is 2. The molecule has 3 rings (SSSR count). The Morgan fingerprint density at radius 1 is 1.17 bits per heavy atom. The predicted molar refractivity (Wildman–Crippen MR) is 122 cm³/mol. The largest absolute Gasteiger partial charge is 0.507 e. The van der Waals surface area contributed by atoms with Crippen molar-refractivity contribution in [3.05, 3.63) is 58.1 Å².